The monoisotopic (exact) mass is 440 g/mol. The topological polar surface area (TPSA) is 67.4 Å². The van der Waals surface area contributed by atoms with Crippen LogP contribution in [0.5, 0.6) is 17.2 Å². The summed E-state index contributed by atoms with van der Waals surface area (Å²) < 4.78 is 16.5. The highest BCUT2D eigenvalue weighted by Gasteiger charge is 2.24. The zero-order valence-electron chi connectivity index (χ0n) is 19.7. The van der Waals surface area contributed by atoms with E-state index in [2.05, 4.69) is 52.8 Å². The largest absolute Gasteiger partial charge is 0.493 e. The Balaban J connectivity index is 1.65. The standard InChI is InChI=1S/C25H36N4O3/c1-5-26-25(27-16-20-13-14-22(30-2)24(32-4)23(20)31-3)28-17-21-12-9-15-29(21)18-19-10-7-6-8-11-19/h6-8,10-11,13-14,21H,5,9,12,15-18H2,1-4H3,(H2,26,27,28). The van der Waals surface area contributed by atoms with Crippen LogP contribution in [0.3, 0.4) is 0 Å². The van der Waals surface area contributed by atoms with Crippen molar-refractivity contribution in [3.63, 3.8) is 0 Å². The molecular weight excluding hydrogens is 404 g/mol. The normalized spacial score (nSPS) is 16.6. The van der Waals surface area contributed by atoms with E-state index in [1.807, 2.05) is 12.1 Å². The molecule has 0 amide bonds. The number of aliphatic imine (C=N–C) groups is 1. The highest BCUT2D eigenvalue weighted by Crippen LogP contribution is 2.39. The lowest BCUT2D eigenvalue weighted by molar-refractivity contribution is 0.245. The maximum Gasteiger partial charge on any atom is 0.203 e. The molecule has 1 aliphatic rings. The third-order valence-corrected chi connectivity index (χ3v) is 5.77. The van der Waals surface area contributed by atoms with Crippen molar-refractivity contribution in [1.29, 1.82) is 0 Å². The minimum absolute atomic E-state index is 0.470. The Hall–Kier alpha value is -2.93. The second kappa shape index (κ2) is 12.2. The summed E-state index contributed by atoms with van der Waals surface area (Å²) >= 11 is 0. The van der Waals surface area contributed by atoms with Crippen LogP contribution >= 0.6 is 0 Å². The molecule has 0 bridgehead atoms. The molecule has 0 spiro atoms. The van der Waals surface area contributed by atoms with E-state index in [1.165, 1.54) is 18.4 Å². The van der Waals surface area contributed by atoms with E-state index in [1.54, 1.807) is 21.3 Å². The fourth-order valence-corrected chi connectivity index (χ4v) is 4.16. The molecule has 1 aliphatic heterocycles. The molecule has 7 heteroatoms. The summed E-state index contributed by atoms with van der Waals surface area (Å²) in [5, 5.41) is 6.89. The van der Waals surface area contributed by atoms with Gasteiger partial charge in [-0.1, -0.05) is 30.3 Å². The van der Waals surface area contributed by atoms with Crippen molar-refractivity contribution in [2.45, 2.75) is 38.9 Å². The molecule has 7 nitrogen and oxygen atoms in total. The van der Waals surface area contributed by atoms with Gasteiger partial charge < -0.3 is 24.8 Å². The van der Waals surface area contributed by atoms with Gasteiger partial charge in [-0.2, -0.15) is 0 Å². The maximum absolute atomic E-state index is 5.59. The maximum atomic E-state index is 5.59. The predicted molar refractivity (Wildman–Crippen MR) is 129 cm³/mol. The van der Waals surface area contributed by atoms with Gasteiger partial charge in [-0.15, -0.1) is 0 Å². The lowest BCUT2D eigenvalue weighted by atomic mass is 10.1. The van der Waals surface area contributed by atoms with E-state index in [4.69, 9.17) is 19.2 Å². The second-order valence-electron chi connectivity index (χ2n) is 7.82. The summed E-state index contributed by atoms with van der Waals surface area (Å²) in [6.07, 6.45) is 2.43. The number of benzene rings is 2. The van der Waals surface area contributed by atoms with Crippen LogP contribution in [0, 0.1) is 0 Å². The minimum atomic E-state index is 0.470. The minimum Gasteiger partial charge on any atom is -0.493 e. The fraction of sp³-hybridized carbons (Fsp3) is 0.480. The number of methoxy groups -OCH3 is 3. The number of rotatable bonds is 10. The van der Waals surface area contributed by atoms with E-state index in [0.717, 1.165) is 37.7 Å². The van der Waals surface area contributed by atoms with Crippen molar-refractivity contribution in [2.75, 3.05) is 41.0 Å². The molecular formula is C25H36N4O3. The summed E-state index contributed by atoms with van der Waals surface area (Å²) in [5.41, 5.74) is 2.30. The molecule has 2 aromatic carbocycles. The Morgan fingerprint density at radius 2 is 1.78 bits per heavy atom. The van der Waals surface area contributed by atoms with Crippen molar-refractivity contribution in [3.8, 4) is 17.2 Å². The van der Waals surface area contributed by atoms with Crippen LogP contribution < -0.4 is 24.8 Å². The van der Waals surface area contributed by atoms with Gasteiger partial charge in [0.15, 0.2) is 17.5 Å². The summed E-state index contributed by atoms with van der Waals surface area (Å²) in [4.78, 5) is 7.35. The fourth-order valence-electron chi connectivity index (χ4n) is 4.16. The average Bonchev–Trinajstić information content (AvgIpc) is 3.27. The number of guanidine groups is 1. The Morgan fingerprint density at radius 3 is 2.47 bits per heavy atom. The van der Waals surface area contributed by atoms with Crippen LogP contribution in [0.4, 0.5) is 0 Å². The Morgan fingerprint density at radius 1 is 1.00 bits per heavy atom. The van der Waals surface area contributed by atoms with Crippen LogP contribution in [0.15, 0.2) is 47.5 Å². The zero-order valence-corrected chi connectivity index (χ0v) is 19.7. The van der Waals surface area contributed by atoms with Crippen molar-refractivity contribution in [3.05, 3.63) is 53.6 Å². The van der Waals surface area contributed by atoms with Crippen LogP contribution in [-0.4, -0.2) is 57.9 Å². The number of nitrogens with zero attached hydrogens (tertiary/aromatic N) is 2. The van der Waals surface area contributed by atoms with Crippen LogP contribution in [0.1, 0.15) is 30.9 Å². The number of hydrogen-bond acceptors (Lipinski definition) is 5. The van der Waals surface area contributed by atoms with Gasteiger partial charge in [-0.3, -0.25) is 4.90 Å². The molecule has 0 saturated carbocycles. The molecule has 2 aromatic rings. The number of ether oxygens (including phenoxy) is 3. The van der Waals surface area contributed by atoms with Crippen molar-refractivity contribution >= 4 is 5.96 Å². The summed E-state index contributed by atoms with van der Waals surface area (Å²) in [5.74, 6) is 2.68. The van der Waals surface area contributed by atoms with Gasteiger partial charge in [-0.05, 0) is 44.0 Å². The number of likely N-dealkylation sites (tertiary alicyclic amines) is 1. The first-order valence-corrected chi connectivity index (χ1v) is 11.3. The quantitative estimate of drug-likeness (QED) is 0.436. The molecule has 0 aliphatic carbocycles. The van der Waals surface area contributed by atoms with Gasteiger partial charge in [-0.25, -0.2) is 4.99 Å². The molecule has 0 radical (unpaired) electrons. The van der Waals surface area contributed by atoms with E-state index < -0.39 is 0 Å². The Labute approximate surface area is 191 Å². The molecule has 2 N–H and O–H groups in total. The van der Waals surface area contributed by atoms with Gasteiger partial charge in [0.1, 0.15) is 0 Å². The Bertz CT molecular complexity index is 873. The van der Waals surface area contributed by atoms with Gasteiger partial charge in [0.05, 0.1) is 27.9 Å². The third kappa shape index (κ3) is 6.07. The van der Waals surface area contributed by atoms with Crippen LogP contribution in [0.2, 0.25) is 0 Å². The first-order valence-electron chi connectivity index (χ1n) is 11.3. The molecule has 1 unspecified atom stereocenters. The smallest absolute Gasteiger partial charge is 0.203 e. The molecule has 1 heterocycles. The summed E-state index contributed by atoms with van der Waals surface area (Å²) in [7, 11) is 4.86. The molecule has 1 fully saturated rings. The van der Waals surface area contributed by atoms with Crippen LogP contribution in [-0.2, 0) is 13.1 Å². The highest BCUT2D eigenvalue weighted by molar-refractivity contribution is 5.79. The van der Waals surface area contributed by atoms with Crippen molar-refractivity contribution in [2.24, 2.45) is 4.99 Å². The van der Waals surface area contributed by atoms with Crippen molar-refractivity contribution < 1.29 is 14.2 Å². The molecule has 174 valence electrons. The average molecular weight is 441 g/mol. The van der Waals surface area contributed by atoms with Gasteiger partial charge in [0.25, 0.3) is 0 Å². The van der Waals surface area contributed by atoms with E-state index in [-0.39, 0.29) is 0 Å². The van der Waals surface area contributed by atoms with Gasteiger partial charge in [0, 0.05) is 31.2 Å². The molecule has 32 heavy (non-hydrogen) atoms. The van der Waals surface area contributed by atoms with Gasteiger partial charge >= 0.3 is 0 Å². The predicted octanol–water partition coefficient (Wildman–Crippen LogP) is 3.43. The summed E-state index contributed by atoms with van der Waals surface area (Å²) in [6, 6.07) is 15.0. The van der Waals surface area contributed by atoms with Crippen molar-refractivity contribution in [1.82, 2.24) is 15.5 Å². The zero-order chi connectivity index (χ0) is 22.8. The number of hydrogen-bond donors (Lipinski definition) is 2. The molecule has 1 atom stereocenters. The second-order valence-corrected chi connectivity index (χ2v) is 7.82. The lowest BCUT2D eigenvalue weighted by Crippen LogP contribution is -2.44. The SMILES string of the molecule is CCNC(=NCc1ccc(OC)c(OC)c1OC)NCC1CCCN1Cc1ccccc1. The molecule has 0 aromatic heterocycles. The summed E-state index contributed by atoms with van der Waals surface area (Å²) in [6.45, 7) is 6.33. The van der Waals surface area contributed by atoms with Gasteiger partial charge in [0.2, 0.25) is 5.75 Å². The lowest BCUT2D eigenvalue weighted by Gasteiger charge is -2.25. The first-order chi connectivity index (χ1) is 15.7. The van der Waals surface area contributed by atoms with E-state index >= 15 is 0 Å². The molecule has 3 rings (SSSR count). The van der Waals surface area contributed by atoms with E-state index in [9.17, 15) is 0 Å². The van der Waals surface area contributed by atoms with E-state index in [0.29, 0.717) is 29.8 Å². The first kappa shape index (κ1) is 23.7. The Kier molecular flexibility index (Phi) is 9.04. The molecule has 1 saturated heterocycles. The third-order valence-electron chi connectivity index (χ3n) is 5.77. The number of nitrogens with one attached hydrogen (secondary N) is 2. The van der Waals surface area contributed by atoms with Crippen LogP contribution in [0.25, 0.3) is 0 Å². The highest BCUT2D eigenvalue weighted by atomic mass is 16.5.